The van der Waals surface area contributed by atoms with Gasteiger partial charge in [0, 0.05) is 6.04 Å². The van der Waals surface area contributed by atoms with Crippen molar-refractivity contribution in [2.75, 3.05) is 0 Å². The van der Waals surface area contributed by atoms with Crippen LogP contribution in [0.4, 0.5) is 0 Å². The third-order valence-corrected chi connectivity index (χ3v) is 2.92. The van der Waals surface area contributed by atoms with E-state index in [1.807, 2.05) is 0 Å². The van der Waals surface area contributed by atoms with E-state index in [-0.39, 0.29) is 24.3 Å². The topological polar surface area (TPSA) is 86.7 Å². The van der Waals surface area contributed by atoms with Crippen LogP contribution in [0.1, 0.15) is 26.2 Å². The molecule has 0 aromatic rings. The van der Waals surface area contributed by atoms with Crippen LogP contribution in [0.3, 0.4) is 0 Å². The van der Waals surface area contributed by atoms with Crippen LogP contribution in [0.5, 0.6) is 0 Å². The quantitative estimate of drug-likeness (QED) is 0.621. The molecule has 16 heavy (non-hydrogen) atoms. The fraction of sp³-hybridized carbons (Fsp3) is 0.700. The van der Waals surface area contributed by atoms with Gasteiger partial charge in [0.2, 0.25) is 11.8 Å². The largest absolute Gasteiger partial charge is 0.480 e. The highest BCUT2D eigenvalue weighted by Gasteiger charge is 2.46. The molecule has 6 heteroatoms. The Bertz CT molecular complexity index is 351. The minimum absolute atomic E-state index is 0.0620. The predicted molar refractivity (Wildman–Crippen MR) is 53.5 cm³/mol. The Balaban J connectivity index is 2.00. The molecule has 88 valence electrons. The lowest BCUT2D eigenvalue weighted by Crippen LogP contribution is -2.46. The Kier molecular flexibility index (Phi) is 2.67. The normalized spacial score (nSPS) is 27.3. The first-order chi connectivity index (χ1) is 7.50. The summed E-state index contributed by atoms with van der Waals surface area (Å²) >= 11 is 0. The lowest BCUT2D eigenvalue weighted by Gasteiger charge is -2.16. The average molecular weight is 226 g/mol. The van der Waals surface area contributed by atoms with Gasteiger partial charge in [-0.05, 0) is 19.8 Å². The molecule has 0 spiro atoms. The monoisotopic (exact) mass is 226 g/mol. The number of imide groups is 1. The maximum Gasteiger partial charge on any atom is 0.320 e. The Labute approximate surface area is 92.6 Å². The summed E-state index contributed by atoms with van der Waals surface area (Å²) in [4.78, 5) is 35.3. The first-order valence-electron chi connectivity index (χ1n) is 5.35. The van der Waals surface area contributed by atoms with E-state index in [9.17, 15) is 14.4 Å². The Morgan fingerprint density at radius 1 is 1.50 bits per heavy atom. The summed E-state index contributed by atoms with van der Waals surface area (Å²) < 4.78 is 0. The van der Waals surface area contributed by atoms with E-state index in [4.69, 9.17) is 5.11 Å². The van der Waals surface area contributed by atoms with Gasteiger partial charge in [-0.25, -0.2) is 0 Å². The number of carbonyl (C=O) groups excluding carboxylic acids is 2. The van der Waals surface area contributed by atoms with Crippen molar-refractivity contribution in [3.8, 4) is 0 Å². The number of rotatable bonds is 4. The molecule has 1 saturated carbocycles. The zero-order chi connectivity index (χ0) is 11.9. The Hall–Kier alpha value is -1.43. The first kappa shape index (κ1) is 11.1. The van der Waals surface area contributed by atoms with Gasteiger partial charge < -0.3 is 5.11 Å². The third kappa shape index (κ3) is 1.92. The van der Waals surface area contributed by atoms with Gasteiger partial charge in [0.15, 0.2) is 0 Å². The van der Waals surface area contributed by atoms with Gasteiger partial charge in [0.25, 0.3) is 0 Å². The second-order valence-corrected chi connectivity index (χ2v) is 4.32. The van der Waals surface area contributed by atoms with Crippen LogP contribution in [0.2, 0.25) is 0 Å². The van der Waals surface area contributed by atoms with Crippen molar-refractivity contribution in [3.05, 3.63) is 0 Å². The number of likely N-dealkylation sites (tertiary alicyclic amines) is 1. The van der Waals surface area contributed by atoms with E-state index in [0.29, 0.717) is 0 Å². The zero-order valence-electron chi connectivity index (χ0n) is 8.97. The first-order valence-corrected chi connectivity index (χ1v) is 5.35. The maximum atomic E-state index is 11.8. The van der Waals surface area contributed by atoms with E-state index < -0.39 is 18.1 Å². The number of carboxylic acids is 1. The molecular formula is C10H14N2O4. The van der Waals surface area contributed by atoms with Gasteiger partial charge in [-0.2, -0.15) is 0 Å². The standard InChI is InChI=1S/C10H14N2O4/c1-5(10(15)16)11-7-4-8(13)12(9(7)14)6-2-3-6/h5-7,11H,2-4H2,1H3,(H,15,16). The molecule has 1 heterocycles. The van der Waals surface area contributed by atoms with Crippen molar-refractivity contribution >= 4 is 17.8 Å². The van der Waals surface area contributed by atoms with Crippen molar-refractivity contribution in [1.82, 2.24) is 10.2 Å². The lowest BCUT2D eigenvalue weighted by molar-refractivity contribution is -0.140. The van der Waals surface area contributed by atoms with Gasteiger partial charge in [-0.15, -0.1) is 0 Å². The van der Waals surface area contributed by atoms with E-state index in [2.05, 4.69) is 5.32 Å². The summed E-state index contributed by atoms with van der Waals surface area (Å²) in [6.45, 7) is 1.46. The van der Waals surface area contributed by atoms with Crippen LogP contribution in [0.25, 0.3) is 0 Å². The van der Waals surface area contributed by atoms with Crippen molar-refractivity contribution in [1.29, 1.82) is 0 Å². The van der Waals surface area contributed by atoms with Gasteiger partial charge in [-0.3, -0.25) is 24.6 Å². The van der Waals surface area contributed by atoms with Gasteiger partial charge in [0.1, 0.15) is 6.04 Å². The van der Waals surface area contributed by atoms with Gasteiger partial charge >= 0.3 is 5.97 Å². The molecule has 2 atom stereocenters. The number of carboxylic acid groups (broad SMARTS) is 1. The molecule has 6 nitrogen and oxygen atoms in total. The summed E-state index contributed by atoms with van der Waals surface area (Å²) in [7, 11) is 0. The molecule has 2 amide bonds. The minimum Gasteiger partial charge on any atom is -0.480 e. The Morgan fingerprint density at radius 3 is 2.62 bits per heavy atom. The van der Waals surface area contributed by atoms with Gasteiger partial charge in [-0.1, -0.05) is 0 Å². The Morgan fingerprint density at radius 2 is 2.12 bits per heavy atom. The smallest absolute Gasteiger partial charge is 0.320 e. The number of hydrogen-bond acceptors (Lipinski definition) is 4. The molecule has 2 N–H and O–H groups in total. The molecule has 1 saturated heterocycles. The summed E-state index contributed by atoms with van der Waals surface area (Å²) in [6.07, 6.45) is 1.82. The number of hydrogen-bond donors (Lipinski definition) is 2. The number of amides is 2. The molecule has 1 aliphatic carbocycles. The number of nitrogens with zero attached hydrogens (tertiary/aromatic N) is 1. The molecule has 2 fully saturated rings. The second kappa shape index (κ2) is 3.86. The van der Waals surface area contributed by atoms with E-state index in [1.54, 1.807) is 0 Å². The maximum absolute atomic E-state index is 11.8. The van der Waals surface area contributed by atoms with Crippen LogP contribution in [-0.2, 0) is 14.4 Å². The van der Waals surface area contributed by atoms with E-state index >= 15 is 0 Å². The second-order valence-electron chi connectivity index (χ2n) is 4.32. The van der Waals surface area contributed by atoms with Crippen molar-refractivity contribution < 1.29 is 19.5 Å². The summed E-state index contributed by atoms with van der Waals surface area (Å²) in [5.41, 5.74) is 0. The highest BCUT2D eigenvalue weighted by molar-refractivity contribution is 6.06. The lowest BCUT2D eigenvalue weighted by atomic mass is 10.2. The fourth-order valence-electron chi connectivity index (χ4n) is 1.87. The van der Waals surface area contributed by atoms with Crippen molar-refractivity contribution in [2.24, 2.45) is 0 Å². The molecule has 0 aromatic carbocycles. The average Bonchev–Trinajstić information content (AvgIpc) is 2.97. The van der Waals surface area contributed by atoms with Crippen LogP contribution >= 0.6 is 0 Å². The SMILES string of the molecule is CC(NC1CC(=O)N(C2CC2)C1=O)C(=O)O. The number of nitrogens with one attached hydrogen (secondary N) is 1. The molecule has 2 unspecified atom stereocenters. The van der Waals surface area contributed by atoms with Gasteiger partial charge in [0.05, 0.1) is 12.5 Å². The highest BCUT2D eigenvalue weighted by Crippen LogP contribution is 2.31. The third-order valence-electron chi connectivity index (χ3n) is 2.92. The molecular weight excluding hydrogens is 212 g/mol. The molecule has 0 radical (unpaired) electrons. The summed E-state index contributed by atoms with van der Waals surface area (Å²) in [5, 5.41) is 11.4. The van der Waals surface area contributed by atoms with E-state index in [0.717, 1.165) is 12.8 Å². The van der Waals surface area contributed by atoms with E-state index in [1.165, 1.54) is 11.8 Å². The highest BCUT2D eigenvalue weighted by atomic mass is 16.4. The molecule has 1 aliphatic heterocycles. The van der Waals surface area contributed by atoms with Crippen LogP contribution in [0, 0.1) is 0 Å². The van der Waals surface area contributed by atoms with Crippen LogP contribution < -0.4 is 5.32 Å². The molecule has 2 aliphatic rings. The fourth-order valence-corrected chi connectivity index (χ4v) is 1.87. The van der Waals surface area contributed by atoms with Crippen LogP contribution in [-0.4, -0.2) is 45.9 Å². The van der Waals surface area contributed by atoms with Crippen molar-refractivity contribution in [3.63, 3.8) is 0 Å². The van der Waals surface area contributed by atoms with Crippen molar-refractivity contribution in [2.45, 2.75) is 44.3 Å². The summed E-state index contributed by atoms with van der Waals surface area (Å²) in [5.74, 6) is -1.49. The zero-order valence-corrected chi connectivity index (χ0v) is 8.97. The number of carbonyl (C=O) groups is 3. The molecule has 0 bridgehead atoms. The molecule has 0 aromatic heterocycles. The predicted octanol–water partition coefficient (Wildman–Crippen LogP) is -0.661. The molecule has 2 rings (SSSR count). The minimum atomic E-state index is -1.02. The number of aliphatic carboxylic acids is 1. The van der Waals surface area contributed by atoms with Crippen LogP contribution in [0.15, 0.2) is 0 Å². The summed E-state index contributed by atoms with van der Waals surface area (Å²) in [6, 6.07) is -1.42.